The summed E-state index contributed by atoms with van der Waals surface area (Å²) < 4.78 is 38.3. The van der Waals surface area contributed by atoms with Gasteiger partial charge in [0.2, 0.25) is 0 Å². The van der Waals surface area contributed by atoms with Gasteiger partial charge in [0.1, 0.15) is 5.82 Å². The first-order chi connectivity index (χ1) is 6.06. The summed E-state index contributed by atoms with van der Waals surface area (Å²) in [4.78, 5) is 0. The van der Waals surface area contributed by atoms with Crippen molar-refractivity contribution in [1.29, 1.82) is 0 Å². The Morgan fingerprint density at radius 1 is 1.23 bits per heavy atom. The van der Waals surface area contributed by atoms with Crippen molar-refractivity contribution in [2.24, 2.45) is 0 Å². The van der Waals surface area contributed by atoms with Gasteiger partial charge in [-0.15, -0.1) is 6.58 Å². The second kappa shape index (κ2) is 3.64. The fraction of sp³-hybridized carbons (Fsp3) is 0.100. The van der Waals surface area contributed by atoms with E-state index in [-0.39, 0.29) is 5.56 Å². The minimum absolute atomic E-state index is 0.118. The Kier molecular flexibility index (Phi) is 2.76. The maximum atomic E-state index is 13.0. The fourth-order valence-corrected chi connectivity index (χ4v) is 0.973. The van der Waals surface area contributed by atoms with Crippen LogP contribution >= 0.6 is 0 Å². The average Bonchev–Trinajstić information content (AvgIpc) is 2.10. The molecule has 13 heavy (non-hydrogen) atoms. The van der Waals surface area contributed by atoms with Gasteiger partial charge in [-0.2, -0.15) is 0 Å². The third-order valence-electron chi connectivity index (χ3n) is 1.71. The summed E-state index contributed by atoms with van der Waals surface area (Å²) in [5.74, 6) is -3.73. The van der Waals surface area contributed by atoms with E-state index in [4.69, 9.17) is 0 Å². The molecule has 3 heteroatoms. The van der Waals surface area contributed by atoms with Gasteiger partial charge in [0.15, 0.2) is 11.6 Å². The van der Waals surface area contributed by atoms with Crippen molar-refractivity contribution in [2.45, 2.75) is 5.92 Å². The van der Waals surface area contributed by atoms with Crippen LogP contribution in [-0.2, 0) is 0 Å². The molecule has 0 aromatic heterocycles. The van der Waals surface area contributed by atoms with Crippen LogP contribution in [0.1, 0.15) is 11.5 Å². The highest BCUT2D eigenvalue weighted by molar-refractivity contribution is 5.27. The Morgan fingerprint density at radius 3 is 2.38 bits per heavy atom. The lowest BCUT2D eigenvalue weighted by Gasteiger charge is -2.07. The molecule has 0 spiro atoms. The number of benzene rings is 1. The van der Waals surface area contributed by atoms with Gasteiger partial charge < -0.3 is 0 Å². The van der Waals surface area contributed by atoms with Crippen molar-refractivity contribution in [2.75, 3.05) is 0 Å². The number of allylic oxidation sites excluding steroid dienone is 1. The molecule has 0 bridgehead atoms. The van der Waals surface area contributed by atoms with Crippen molar-refractivity contribution >= 4 is 0 Å². The largest absolute Gasteiger partial charge is 0.207 e. The summed E-state index contributed by atoms with van der Waals surface area (Å²) in [5, 5.41) is 0. The van der Waals surface area contributed by atoms with Crippen LogP contribution in [0, 0.1) is 24.4 Å². The second-order valence-corrected chi connectivity index (χ2v) is 2.63. The SMILES string of the molecule is [CH2]C(C=C)c1cc(F)cc(F)c1F. The quantitative estimate of drug-likeness (QED) is 0.490. The van der Waals surface area contributed by atoms with Crippen LogP contribution in [0.4, 0.5) is 13.2 Å². The van der Waals surface area contributed by atoms with E-state index < -0.39 is 23.4 Å². The lowest BCUT2D eigenvalue weighted by atomic mass is 10.0. The number of halogens is 3. The van der Waals surface area contributed by atoms with Gasteiger partial charge in [-0.25, -0.2) is 13.2 Å². The van der Waals surface area contributed by atoms with E-state index in [1.54, 1.807) is 0 Å². The van der Waals surface area contributed by atoms with Crippen LogP contribution in [0.5, 0.6) is 0 Å². The molecule has 0 fully saturated rings. The van der Waals surface area contributed by atoms with Crippen LogP contribution in [0.3, 0.4) is 0 Å². The Bertz CT molecular complexity index is 331. The minimum Gasteiger partial charge on any atom is -0.207 e. The highest BCUT2D eigenvalue weighted by Crippen LogP contribution is 2.22. The van der Waals surface area contributed by atoms with E-state index in [2.05, 4.69) is 13.5 Å². The Labute approximate surface area is 74.7 Å². The average molecular weight is 185 g/mol. The summed E-state index contributed by atoms with van der Waals surface area (Å²) in [7, 11) is 0. The lowest BCUT2D eigenvalue weighted by molar-refractivity contribution is 0.484. The molecular formula is C10H8F3. The molecule has 1 radical (unpaired) electrons. The monoisotopic (exact) mass is 185 g/mol. The molecule has 0 N–H and O–H groups in total. The van der Waals surface area contributed by atoms with Crippen LogP contribution in [0.25, 0.3) is 0 Å². The van der Waals surface area contributed by atoms with E-state index in [0.717, 1.165) is 6.07 Å². The number of rotatable bonds is 2. The number of hydrogen-bond donors (Lipinski definition) is 0. The van der Waals surface area contributed by atoms with Crippen LogP contribution in [0.2, 0.25) is 0 Å². The van der Waals surface area contributed by atoms with E-state index in [1.165, 1.54) is 6.08 Å². The van der Waals surface area contributed by atoms with Crippen molar-refractivity contribution in [1.82, 2.24) is 0 Å². The van der Waals surface area contributed by atoms with Gasteiger partial charge in [-0.1, -0.05) is 6.08 Å². The molecule has 0 saturated carbocycles. The highest BCUT2D eigenvalue weighted by Gasteiger charge is 2.14. The van der Waals surface area contributed by atoms with Crippen LogP contribution in [-0.4, -0.2) is 0 Å². The van der Waals surface area contributed by atoms with Crippen molar-refractivity contribution in [3.05, 3.63) is 54.7 Å². The predicted octanol–water partition coefficient (Wildman–Crippen LogP) is 3.21. The van der Waals surface area contributed by atoms with Gasteiger partial charge in [0.05, 0.1) is 0 Å². The van der Waals surface area contributed by atoms with Crippen LogP contribution in [0.15, 0.2) is 24.8 Å². The molecule has 0 aliphatic carbocycles. The predicted molar refractivity (Wildman–Crippen MR) is 44.6 cm³/mol. The summed E-state index contributed by atoms with van der Waals surface area (Å²) in [5.41, 5.74) is -0.118. The van der Waals surface area contributed by atoms with Crippen molar-refractivity contribution in [3.63, 3.8) is 0 Å². The van der Waals surface area contributed by atoms with Gasteiger partial charge >= 0.3 is 0 Å². The zero-order chi connectivity index (χ0) is 10.0. The topological polar surface area (TPSA) is 0 Å². The smallest absolute Gasteiger partial charge is 0.162 e. The molecule has 0 nitrogen and oxygen atoms in total. The molecule has 1 rings (SSSR count). The number of hydrogen-bond acceptors (Lipinski definition) is 0. The molecule has 1 aromatic carbocycles. The second-order valence-electron chi connectivity index (χ2n) is 2.63. The third-order valence-corrected chi connectivity index (χ3v) is 1.71. The zero-order valence-electron chi connectivity index (χ0n) is 6.86. The van der Waals surface area contributed by atoms with E-state index in [0.29, 0.717) is 6.07 Å². The fourth-order valence-electron chi connectivity index (χ4n) is 0.973. The molecule has 1 aromatic rings. The van der Waals surface area contributed by atoms with Gasteiger partial charge in [0, 0.05) is 17.5 Å². The Balaban J connectivity index is 3.27. The van der Waals surface area contributed by atoms with E-state index >= 15 is 0 Å². The first kappa shape index (κ1) is 9.84. The van der Waals surface area contributed by atoms with Crippen molar-refractivity contribution < 1.29 is 13.2 Å². The first-order valence-corrected chi connectivity index (χ1v) is 3.66. The van der Waals surface area contributed by atoms with Gasteiger partial charge in [-0.05, 0) is 13.0 Å². The van der Waals surface area contributed by atoms with Gasteiger partial charge in [-0.3, -0.25) is 0 Å². The maximum absolute atomic E-state index is 13.0. The molecule has 0 aliphatic heterocycles. The minimum atomic E-state index is -1.20. The van der Waals surface area contributed by atoms with Crippen molar-refractivity contribution in [3.8, 4) is 0 Å². The van der Waals surface area contributed by atoms with Crippen LogP contribution < -0.4 is 0 Å². The summed E-state index contributed by atoms with van der Waals surface area (Å²) in [6, 6.07) is 1.41. The molecule has 69 valence electrons. The van der Waals surface area contributed by atoms with Gasteiger partial charge in [0.25, 0.3) is 0 Å². The Hall–Kier alpha value is -1.25. The first-order valence-electron chi connectivity index (χ1n) is 3.66. The third kappa shape index (κ3) is 1.91. The Morgan fingerprint density at radius 2 is 1.85 bits per heavy atom. The van der Waals surface area contributed by atoms with E-state index in [9.17, 15) is 13.2 Å². The molecular weight excluding hydrogens is 177 g/mol. The standard InChI is InChI=1S/C10H8F3/c1-3-6(2)8-4-7(11)5-9(12)10(8)13/h3-6H,1-2H2. The molecule has 1 unspecified atom stereocenters. The summed E-state index contributed by atoms with van der Waals surface area (Å²) in [6.07, 6.45) is 1.32. The summed E-state index contributed by atoms with van der Waals surface area (Å²) >= 11 is 0. The molecule has 0 heterocycles. The molecule has 1 atom stereocenters. The normalized spacial score (nSPS) is 12.6. The summed E-state index contributed by atoms with van der Waals surface area (Å²) in [6.45, 7) is 6.84. The highest BCUT2D eigenvalue weighted by atomic mass is 19.2. The molecule has 0 aliphatic rings. The lowest BCUT2D eigenvalue weighted by Crippen LogP contribution is -1.99. The molecule has 0 saturated heterocycles. The van der Waals surface area contributed by atoms with E-state index in [1.807, 2.05) is 0 Å². The maximum Gasteiger partial charge on any atom is 0.162 e. The zero-order valence-corrected chi connectivity index (χ0v) is 6.86. The molecule has 0 amide bonds.